The number of hydrogen-bond acceptors (Lipinski definition) is 7. The maximum atomic E-state index is 13.1. The van der Waals surface area contributed by atoms with Crippen LogP contribution in [0.1, 0.15) is 5.56 Å². The molecule has 2 aromatic carbocycles. The molecule has 1 aromatic heterocycles. The molecular formula is C25H30FN3O5. The number of ether oxygens (including phenoxy) is 4. The van der Waals surface area contributed by atoms with E-state index in [0.29, 0.717) is 56.6 Å². The Hall–Kier alpha value is -3.14. The van der Waals surface area contributed by atoms with Crippen LogP contribution in [0.3, 0.4) is 0 Å². The summed E-state index contributed by atoms with van der Waals surface area (Å²) in [5, 5.41) is 15.3. The summed E-state index contributed by atoms with van der Waals surface area (Å²) in [6.07, 6.45) is 3.62. The van der Waals surface area contributed by atoms with Gasteiger partial charge in [0, 0.05) is 32.0 Å². The number of hydrogen-bond donors (Lipinski definition) is 1. The number of methoxy groups -OCH3 is 1. The highest BCUT2D eigenvalue weighted by Crippen LogP contribution is 2.29. The average molecular weight is 472 g/mol. The van der Waals surface area contributed by atoms with Crippen LogP contribution in [0, 0.1) is 5.82 Å². The predicted molar refractivity (Wildman–Crippen MR) is 124 cm³/mol. The maximum absolute atomic E-state index is 13.1. The van der Waals surface area contributed by atoms with Crippen molar-refractivity contribution in [2.45, 2.75) is 18.7 Å². The number of benzene rings is 2. The van der Waals surface area contributed by atoms with Crippen LogP contribution in [0.2, 0.25) is 0 Å². The molecule has 34 heavy (non-hydrogen) atoms. The lowest BCUT2D eigenvalue weighted by molar-refractivity contribution is -0.0646. The summed E-state index contributed by atoms with van der Waals surface area (Å²) >= 11 is 0. The van der Waals surface area contributed by atoms with Gasteiger partial charge in [-0.3, -0.25) is 9.58 Å². The normalized spacial score (nSPS) is 18.9. The number of rotatable bonds is 10. The van der Waals surface area contributed by atoms with Gasteiger partial charge < -0.3 is 24.1 Å². The Bertz CT molecular complexity index is 1030. The van der Waals surface area contributed by atoms with E-state index < -0.39 is 5.60 Å². The molecular weight excluding hydrogens is 441 g/mol. The summed E-state index contributed by atoms with van der Waals surface area (Å²) in [7, 11) is 1.61. The van der Waals surface area contributed by atoms with E-state index in [4.69, 9.17) is 18.9 Å². The molecule has 1 aliphatic rings. The van der Waals surface area contributed by atoms with Crippen LogP contribution in [0.4, 0.5) is 4.39 Å². The van der Waals surface area contributed by atoms with E-state index in [1.54, 1.807) is 25.4 Å². The summed E-state index contributed by atoms with van der Waals surface area (Å²) in [5.41, 5.74) is -0.168. The van der Waals surface area contributed by atoms with E-state index >= 15 is 0 Å². The monoisotopic (exact) mass is 471 g/mol. The van der Waals surface area contributed by atoms with Gasteiger partial charge >= 0.3 is 0 Å². The smallest absolute Gasteiger partial charge is 0.161 e. The molecule has 0 amide bonds. The second-order valence-electron chi connectivity index (χ2n) is 8.33. The van der Waals surface area contributed by atoms with Gasteiger partial charge in [-0.2, -0.15) is 5.10 Å². The third-order valence-electron chi connectivity index (χ3n) is 5.53. The summed E-state index contributed by atoms with van der Waals surface area (Å²) in [6.45, 7) is 3.43. The number of β-amino-alcohol motifs (C(OH)–C–C–N with tert-alkyl or cyclic N) is 1. The van der Waals surface area contributed by atoms with Gasteiger partial charge in [0.1, 0.15) is 30.4 Å². The van der Waals surface area contributed by atoms with Gasteiger partial charge in [-0.15, -0.1) is 0 Å². The first-order valence-corrected chi connectivity index (χ1v) is 11.2. The minimum atomic E-state index is -1.19. The van der Waals surface area contributed by atoms with Crippen molar-refractivity contribution in [2.75, 3.05) is 46.6 Å². The molecule has 1 atom stereocenters. The van der Waals surface area contributed by atoms with Crippen LogP contribution in [0.15, 0.2) is 60.9 Å². The van der Waals surface area contributed by atoms with Crippen LogP contribution >= 0.6 is 0 Å². The van der Waals surface area contributed by atoms with Crippen LogP contribution in [0.5, 0.6) is 17.2 Å². The van der Waals surface area contributed by atoms with E-state index in [2.05, 4.69) is 10.00 Å². The molecule has 1 N–H and O–H groups in total. The van der Waals surface area contributed by atoms with Crippen molar-refractivity contribution < 1.29 is 28.4 Å². The first kappa shape index (κ1) is 24.0. The summed E-state index contributed by atoms with van der Waals surface area (Å²) < 4.78 is 37.7. The topological polar surface area (TPSA) is 78.2 Å². The van der Waals surface area contributed by atoms with Gasteiger partial charge in [-0.05, 0) is 48.0 Å². The molecule has 182 valence electrons. The van der Waals surface area contributed by atoms with Crippen molar-refractivity contribution in [3.63, 3.8) is 0 Å². The second-order valence-corrected chi connectivity index (χ2v) is 8.33. The van der Waals surface area contributed by atoms with Gasteiger partial charge in [0.25, 0.3) is 0 Å². The van der Waals surface area contributed by atoms with Crippen LogP contribution < -0.4 is 14.2 Å². The largest absolute Gasteiger partial charge is 0.493 e. The van der Waals surface area contributed by atoms with Crippen molar-refractivity contribution in [3.8, 4) is 17.2 Å². The highest BCUT2D eigenvalue weighted by Gasteiger charge is 2.33. The maximum Gasteiger partial charge on any atom is 0.161 e. The van der Waals surface area contributed by atoms with E-state index in [-0.39, 0.29) is 19.0 Å². The van der Waals surface area contributed by atoms with Gasteiger partial charge in [-0.1, -0.05) is 6.07 Å². The third-order valence-corrected chi connectivity index (χ3v) is 5.53. The number of halogens is 1. The highest BCUT2D eigenvalue weighted by atomic mass is 19.1. The predicted octanol–water partition coefficient (Wildman–Crippen LogP) is 2.75. The second kappa shape index (κ2) is 11.3. The van der Waals surface area contributed by atoms with Crippen LogP contribution in [0.25, 0.3) is 0 Å². The lowest BCUT2D eigenvalue weighted by atomic mass is 10.1. The summed E-state index contributed by atoms with van der Waals surface area (Å²) in [4.78, 5) is 2.12. The molecule has 0 spiro atoms. The quantitative estimate of drug-likeness (QED) is 0.487. The molecule has 1 unspecified atom stereocenters. The Kier molecular flexibility index (Phi) is 7.99. The first-order chi connectivity index (χ1) is 16.5. The lowest BCUT2D eigenvalue weighted by Gasteiger charge is -2.30. The Morgan fingerprint density at radius 1 is 1.15 bits per heavy atom. The standard InChI is InChI=1S/C25H30FN3O5/c1-31-23-8-3-20(15-24(23)33-14-12-29-10-2-9-27-29)16-28-11-13-32-18-25(30,17-28)19-34-22-6-4-21(26)5-7-22/h2-10,15,30H,11-14,16-19H2,1H3. The third kappa shape index (κ3) is 6.69. The molecule has 1 aliphatic heterocycles. The molecule has 4 rings (SSSR count). The van der Waals surface area contributed by atoms with Gasteiger partial charge in [0.15, 0.2) is 11.5 Å². The van der Waals surface area contributed by atoms with Gasteiger partial charge in [0.2, 0.25) is 0 Å². The molecule has 2 heterocycles. The SMILES string of the molecule is COc1ccc(CN2CCOCC(O)(COc3ccc(F)cc3)C2)cc1OCCn1cccn1. The van der Waals surface area contributed by atoms with Crippen molar-refractivity contribution >= 4 is 0 Å². The Morgan fingerprint density at radius 3 is 2.76 bits per heavy atom. The molecule has 9 heteroatoms. The molecule has 3 aromatic rings. The molecule has 0 radical (unpaired) electrons. The van der Waals surface area contributed by atoms with Crippen molar-refractivity contribution in [2.24, 2.45) is 0 Å². The van der Waals surface area contributed by atoms with E-state index in [9.17, 15) is 9.50 Å². The molecule has 0 bridgehead atoms. The van der Waals surface area contributed by atoms with Crippen molar-refractivity contribution in [1.82, 2.24) is 14.7 Å². The van der Waals surface area contributed by atoms with Gasteiger partial charge in [0.05, 0.1) is 26.9 Å². The molecule has 1 fully saturated rings. The first-order valence-electron chi connectivity index (χ1n) is 11.2. The zero-order valence-electron chi connectivity index (χ0n) is 19.2. The van der Waals surface area contributed by atoms with Crippen LogP contribution in [-0.2, 0) is 17.8 Å². The Balaban J connectivity index is 1.37. The summed E-state index contributed by atoms with van der Waals surface area (Å²) in [6, 6.07) is 13.4. The fourth-order valence-electron chi connectivity index (χ4n) is 3.84. The fraction of sp³-hybridized carbons (Fsp3) is 0.400. The number of aliphatic hydroxyl groups is 1. The zero-order valence-corrected chi connectivity index (χ0v) is 19.2. The number of nitrogens with zero attached hydrogens (tertiary/aromatic N) is 3. The Labute approximate surface area is 198 Å². The molecule has 0 aliphatic carbocycles. The molecule has 8 nitrogen and oxygen atoms in total. The average Bonchev–Trinajstić information content (AvgIpc) is 3.28. The molecule has 1 saturated heterocycles. The fourth-order valence-corrected chi connectivity index (χ4v) is 3.84. The Morgan fingerprint density at radius 2 is 2.00 bits per heavy atom. The minimum absolute atomic E-state index is 0.0412. The minimum Gasteiger partial charge on any atom is -0.493 e. The van der Waals surface area contributed by atoms with E-state index in [1.807, 2.05) is 35.1 Å². The number of aromatic nitrogens is 2. The van der Waals surface area contributed by atoms with Crippen molar-refractivity contribution in [1.29, 1.82) is 0 Å². The van der Waals surface area contributed by atoms with E-state index in [1.165, 1.54) is 12.1 Å². The summed E-state index contributed by atoms with van der Waals surface area (Å²) in [5.74, 6) is 1.48. The van der Waals surface area contributed by atoms with E-state index in [0.717, 1.165) is 5.56 Å². The van der Waals surface area contributed by atoms with Crippen LogP contribution in [-0.4, -0.2) is 72.0 Å². The van der Waals surface area contributed by atoms with Crippen molar-refractivity contribution in [3.05, 3.63) is 72.3 Å². The molecule has 0 saturated carbocycles. The zero-order chi connectivity index (χ0) is 23.8. The lowest BCUT2D eigenvalue weighted by Crippen LogP contribution is -2.48. The highest BCUT2D eigenvalue weighted by molar-refractivity contribution is 5.43. The van der Waals surface area contributed by atoms with Gasteiger partial charge in [-0.25, -0.2) is 4.39 Å².